The maximum absolute atomic E-state index is 13.1. The van der Waals surface area contributed by atoms with Crippen molar-refractivity contribution in [3.8, 4) is 5.75 Å². The zero-order valence-electron chi connectivity index (χ0n) is 25.4. The summed E-state index contributed by atoms with van der Waals surface area (Å²) in [4.78, 5) is 28.3. The molecule has 0 heterocycles. The molecule has 0 saturated carbocycles. The van der Waals surface area contributed by atoms with E-state index < -0.39 is 58.5 Å². The Bertz CT molecular complexity index is 1650. The molecule has 3 atom stereocenters. The van der Waals surface area contributed by atoms with E-state index in [0.717, 1.165) is 17.7 Å². The summed E-state index contributed by atoms with van der Waals surface area (Å²) in [6.45, 7) is 2.52. The molecule has 0 aliphatic heterocycles. The topological polar surface area (TPSA) is 177 Å². The quantitative estimate of drug-likeness (QED) is 0.0722. The van der Waals surface area contributed by atoms with Crippen LogP contribution in [0.25, 0.3) is 10.4 Å². The van der Waals surface area contributed by atoms with E-state index in [1.807, 2.05) is 6.92 Å². The van der Waals surface area contributed by atoms with Crippen LogP contribution in [-0.2, 0) is 47.6 Å². The molecule has 1 amide bonds. The van der Waals surface area contributed by atoms with Gasteiger partial charge in [0, 0.05) is 11.3 Å². The van der Waals surface area contributed by atoms with Crippen LogP contribution in [0.3, 0.4) is 0 Å². The van der Waals surface area contributed by atoms with Gasteiger partial charge in [-0.3, -0.25) is 8.98 Å². The van der Waals surface area contributed by atoms with Crippen LogP contribution in [0.4, 0.5) is 13.2 Å². The van der Waals surface area contributed by atoms with Crippen molar-refractivity contribution in [2.24, 2.45) is 5.11 Å². The fourth-order valence-corrected chi connectivity index (χ4v) is 5.09. The molecule has 0 bridgehead atoms. The number of amides is 1. The number of nitrogens with one attached hydrogen (secondary N) is 1. The van der Waals surface area contributed by atoms with Crippen molar-refractivity contribution in [2.75, 3.05) is 19.8 Å². The van der Waals surface area contributed by atoms with Crippen molar-refractivity contribution < 1.29 is 49.9 Å². The van der Waals surface area contributed by atoms with E-state index >= 15 is 0 Å². The van der Waals surface area contributed by atoms with Gasteiger partial charge in [-0.2, -0.15) is 21.6 Å². The first-order valence-corrected chi connectivity index (χ1v) is 15.7. The summed E-state index contributed by atoms with van der Waals surface area (Å²) in [5, 5.41) is 16.2. The lowest BCUT2D eigenvalue weighted by atomic mass is 10.0. The average molecular weight is 679 g/mol. The lowest BCUT2D eigenvalue weighted by molar-refractivity contribution is -0.147. The number of rotatable bonds is 16. The third kappa shape index (κ3) is 11.6. The minimum Gasteiger partial charge on any atom is -0.491 e. The van der Waals surface area contributed by atoms with Gasteiger partial charge >= 0.3 is 12.1 Å². The van der Waals surface area contributed by atoms with E-state index in [2.05, 4.69) is 15.3 Å². The Kier molecular flexibility index (Phi) is 13.2. The summed E-state index contributed by atoms with van der Waals surface area (Å²) in [6, 6.07) is 13.7. The molecular formula is C31H33F3N4O8S. The van der Waals surface area contributed by atoms with Gasteiger partial charge in [0.25, 0.3) is 10.1 Å². The zero-order chi connectivity index (χ0) is 34.6. The first-order valence-electron chi connectivity index (χ1n) is 14.2. The second-order valence-corrected chi connectivity index (χ2v) is 11.9. The number of azide groups is 1. The van der Waals surface area contributed by atoms with Crippen molar-refractivity contribution in [2.45, 2.75) is 55.9 Å². The van der Waals surface area contributed by atoms with Gasteiger partial charge in [0.2, 0.25) is 5.91 Å². The number of aliphatic hydroxyl groups is 1. The van der Waals surface area contributed by atoms with Crippen LogP contribution < -0.4 is 10.1 Å². The first kappa shape index (κ1) is 36.8. The molecule has 0 spiro atoms. The van der Waals surface area contributed by atoms with Crippen molar-refractivity contribution in [3.05, 3.63) is 105 Å². The van der Waals surface area contributed by atoms with Crippen LogP contribution in [0.1, 0.15) is 29.2 Å². The first-order chi connectivity index (χ1) is 22.2. The second kappa shape index (κ2) is 16.8. The fraction of sp³-hybridized carbons (Fsp3) is 0.355. The summed E-state index contributed by atoms with van der Waals surface area (Å²) >= 11 is 0. The molecule has 0 saturated heterocycles. The Balaban J connectivity index is 1.58. The van der Waals surface area contributed by atoms with Gasteiger partial charge < -0.3 is 19.9 Å². The standard InChI is InChI=1S/C31H33F3N4O8S/c1-3-44-30(41)28(17-21-6-10-23(11-7-21)31(32,33)34)36-29(40)27(37-38-35)16-22-8-12-25(13-9-22)45-18-24(39)19-46-47(42,43)26-14-4-20(2)5-15-26/h4-15,24,27-28,39H,3,16-19H2,1-2H3,(H,36,40)/t24?,27?,28-/m0/s1. The number of carbonyl (C=O) groups excluding carboxylic acids is 2. The molecule has 3 aromatic carbocycles. The molecule has 47 heavy (non-hydrogen) atoms. The van der Waals surface area contributed by atoms with E-state index in [9.17, 15) is 36.3 Å². The van der Waals surface area contributed by atoms with E-state index in [-0.39, 0.29) is 31.0 Å². The lowest BCUT2D eigenvalue weighted by Crippen LogP contribution is -2.47. The minimum absolute atomic E-state index is 0.0109. The number of nitrogens with zero attached hydrogens (tertiary/aromatic N) is 3. The molecule has 2 unspecified atom stereocenters. The van der Waals surface area contributed by atoms with Gasteiger partial charge in [-0.25, -0.2) is 4.79 Å². The highest BCUT2D eigenvalue weighted by Gasteiger charge is 2.31. The molecule has 0 aromatic heterocycles. The molecular weight excluding hydrogens is 645 g/mol. The Morgan fingerprint density at radius 3 is 2.13 bits per heavy atom. The number of alkyl halides is 3. The van der Waals surface area contributed by atoms with Gasteiger partial charge in [0.15, 0.2) is 0 Å². The number of hydrogen-bond acceptors (Lipinski definition) is 9. The third-order valence-electron chi connectivity index (χ3n) is 6.62. The van der Waals surface area contributed by atoms with Crippen LogP contribution in [0.2, 0.25) is 0 Å². The summed E-state index contributed by atoms with van der Waals surface area (Å²) in [6.07, 6.45) is -6.07. The molecule has 3 rings (SSSR count). The zero-order valence-corrected chi connectivity index (χ0v) is 26.2. The number of ether oxygens (including phenoxy) is 2. The average Bonchev–Trinajstić information content (AvgIpc) is 3.03. The van der Waals surface area contributed by atoms with E-state index in [0.29, 0.717) is 16.9 Å². The molecule has 0 aliphatic carbocycles. The highest BCUT2D eigenvalue weighted by atomic mass is 32.2. The van der Waals surface area contributed by atoms with Crippen molar-refractivity contribution in [1.82, 2.24) is 5.32 Å². The van der Waals surface area contributed by atoms with Gasteiger partial charge in [0.1, 0.15) is 30.5 Å². The molecule has 12 nitrogen and oxygen atoms in total. The Morgan fingerprint density at radius 2 is 1.55 bits per heavy atom. The Labute approximate surface area is 269 Å². The number of esters is 1. The predicted molar refractivity (Wildman–Crippen MR) is 163 cm³/mol. The van der Waals surface area contributed by atoms with Crippen LogP contribution in [0, 0.1) is 6.92 Å². The van der Waals surface area contributed by atoms with Crippen LogP contribution in [-0.4, -0.2) is 63.4 Å². The molecule has 0 fully saturated rings. The summed E-state index contributed by atoms with van der Waals surface area (Å²) < 4.78 is 78.8. The highest BCUT2D eigenvalue weighted by molar-refractivity contribution is 7.86. The highest BCUT2D eigenvalue weighted by Crippen LogP contribution is 2.29. The summed E-state index contributed by atoms with van der Waals surface area (Å²) in [5.41, 5.74) is 9.93. The van der Waals surface area contributed by atoms with E-state index in [4.69, 9.17) is 19.2 Å². The maximum atomic E-state index is 13.1. The predicted octanol–water partition coefficient (Wildman–Crippen LogP) is 4.67. The summed E-state index contributed by atoms with van der Waals surface area (Å²) in [5.74, 6) is -1.32. The Hall–Kier alpha value is -4.63. The fourth-order valence-electron chi connectivity index (χ4n) is 4.14. The van der Waals surface area contributed by atoms with Crippen molar-refractivity contribution in [1.29, 1.82) is 0 Å². The normalized spacial score (nSPS) is 13.5. The van der Waals surface area contributed by atoms with E-state index in [1.165, 1.54) is 36.4 Å². The van der Waals surface area contributed by atoms with Crippen LogP contribution >= 0.6 is 0 Å². The molecule has 3 aromatic rings. The molecule has 252 valence electrons. The van der Waals surface area contributed by atoms with Crippen molar-refractivity contribution >= 4 is 22.0 Å². The summed E-state index contributed by atoms with van der Waals surface area (Å²) in [7, 11) is -4.07. The third-order valence-corrected chi connectivity index (χ3v) is 7.92. The molecule has 0 radical (unpaired) electrons. The monoisotopic (exact) mass is 678 g/mol. The number of aryl methyl sites for hydroxylation is 1. The van der Waals surface area contributed by atoms with Crippen LogP contribution in [0.5, 0.6) is 5.75 Å². The number of halogens is 3. The van der Waals surface area contributed by atoms with Crippen molar-refractivity contribution in [3.63, 3.8) is 0 Å². The van der Waals surface area contributed by atoms with Crippen LogP contribution in [0.15, 0.2) is 82.8 Å². The minimum atomic E-state index is -4.54. The number of benzene rings is 3. The SMILES string of the molecule is CCOC(=O)[C@H](Cc1ccc(C(F)(F)F)cc1)NC(=O)C(Cc1ccc(OCC(O)COS(=O)(=O)c2ccc(C)cc2)cc1)N=[N+]=[N-]. The smallest absolute Gasteiger partial charge is 0.416 e. The van der Waals surface area contributed by atoms with E-state index in [1.54, 1.807) is 31.2 Å². The molecule has 2 N–H and O–H groups in total. The van der Waals surface area contributed by atoms with Gasteiger partial charge in [0.05, 0.1) is 23.7 Å². The molecule has 16 heteroatoms. The van der Waals surface area contributed by atoms with Gasteiger partial charge in [-0.1, -0.05) is 47.1 Å². The van der Waals surface area contributed by atoms with Gasteiger partial charge in [-0.15, -0.1) is 0 Å². The second-order valence-electron chi connectivity index (χ2n) is 10.3. The molecule has 0 aliphatic rings. The number of carbonyl (C=O) groups is 2. The number of hydrogen-bond donors (Lipinski definition) is 2. The lowest BCUT2D eigenvalue weighted by Gasteiger charge is -2.20. The van der Waals surface area contributed by atoms with Gasteiger partial charge in [-0.05, 0) is 73.3 Å². The maximum Gasteiger partial charge on any atom is 0.416 e. The Morgan fingerprint density at radius 1 is 0.957 bits per heavy atom. The largest absolute Gasteiger partial charge is 0.491 e. The number of aliphatic hydroxyl groups excluding tert-OH is 1.